The third-order valence-corrected chi connectivity index (χ3v) is 1.19. The summed E-state index contributed by atoms with van der Waals surface area (Å²) in [6.07, 6.45) is 2.96. The van der Waals surface area contributed by atoms with Crippen LogP contribution in [0, 0.1) is 0 Å². The molecule has 0 aliphatic heterocycles. The average molecular weight is 140 g/mol. The Bertz CT molecular complexity index is 174. The highest BCUT2D eigenvalue weighted by molar-refractivity contribution is 5.11. The van der Waals surface area contributed by atoms with Crippen LogP contribution in [0.2, 0.25) is 0 Å². The van der Waals surface area contributed by atoms with Crippen molar-refractivity contribution in [3.05, 3.63) is 30.1 Å². The molecule has 0 saturated heterocycles. The molecule has 1 rings (SSSR count). The van der Waals surface area contributed by atoms with Crippen molar-refractivity contribution in [1.82, 2.24) is 11.1 Å². The normalized spacial score (nSPS) is 11.8. The molecule has 1 atom stereocenters. The molecule has 56 valence electrons. The quantitative estimate of drug-likeness (QED) is 0.617. The van der Waals surface area contributed by atoms with E-state index >= 15 is 0 Å². The molecule has 1 unspecified atom stereocenters. The Morgan fingerprint density at radius 1 is 1.40 bits per heavy atom. The first-order valence-electron chi connectivity index (χ1n) is 2.88. The topological polar surface area (TPSA) is 68.1 Å². The lowest BCUT2D eigenvalue weighted by atomic mass is 10.2. The van der Waals surface area contributed by atoms with Crippen molar-refractivity contribution >= 4 is 0 Å². The Kier molecular flexibility index (Phi) is 3.61. The van der Waals surface area contributed by atoms with Gasteiger partial charge in [0, 0.05) is 12.4 Å². The molecule has 10 heavy (non-hydrogen) atoms. The first-order chi connectivity index (χ1) is 4.30. The van der Waals surface area contributed by atoms with Gasteiger partial charge in [-0.25, -0.2) is 0 Å². The van der Waals surface area contributed by atoms with Gasteiger partial charge in [0.05, 0.1) is 6.10 Å². The van der Waals surface area contributed by atoms with Crippen LogP contribution in [0.25, 0.3) is 0 Å². The number of hydrogen-bond acceptors (Lipinski definition) is 3. The number of rotatable bonds is 1. The minimum Gasteiger partial charge on any atom is -0.389 e. The lowest BCUT2D eigenvalue weighted by Crippen LogP contribution is -1.89. The largest absolute Gasteiger partial charge is 0.389 e. The lowest BCUT2D eigenvalue weighted by molar-refractivity contribution is 0.199. The van der Waals surface area contributed by atoms with E-state index in [-0.39, 0.29) is 12.3 Å². The van der Waals surface area contributed by atoms with Crippen molar-refractivity contribution in [2.75, 3.05) is 0 Å². The van der Waals surface area contributed by atoms with E-state index in [2.05, 4.69) is 4.98 Å². The van der Waals surface area contributed by atoms with Crippen molar-refractivity contribution in [1.29, 1.82) is 0 Å². The number of nitrogens with zero attached hydrogens (tertiary/aromatic N) is 1. The Balaban J connectivity index is 0.000000810. The van der Waals surface area contributed by atoms with Gasteiger partial charge in [-0.1, -0.05) is 0 Å². The second-order valence-electron chi connectivity index (χ2n) is 1.96. The summed E-state index contributed by atoms with van der Waals surface area (Å²) in [7, 11) is 0. The fraction of sp³-hybridized carbons (Fsp3) is 0.286. The first-order valence-corrected chi connectivity index (χ1v) is 2.88. The summed E-state index contributed by atoms with van der Waals surface area (Å²) in [5.41, 5.74) is 0.907. The Morgan fingerprint density at radius 3 is 2.20 bits per heavy atom. The molecule has 1 aromatic rings. The zero-order valence-electron chi connectivity index (χ0n) is 5.99. The van der Waals surface area contributed by atoms with E-state index in [0.29, 0.717) is 0 Å². The maximum Gasteiger partial charge on any atom is 0.0763 e. The molecular weight excluding hydrogens is 128 g/mol. The highest BCUT2D eigenvalue weighted by atomic mass is 16.3. The van der Waals surface area contributed by atoms with E-state index in [4.69, 9.17) is 5.11 Å². The molecule has 0 aliphatic carbocycles. The summed E-state index contributed by atoms with van der Waals surface area (Å²) >= 11 is 0. The standard InChI is InChI=1S/C7H9NO.H3N/c1-6(9)7-2-4-8-5-3-7;/h2-6,9H,1H3;1H3. The van der Waals surface area contributed by atoms with Gasteiger partial charge in [-0.15, -0.1) is 0 Å². The fourth-order valence-corrected chi connectivity index (χ4v) is 0.642. The number of aromatic nitrogens is 1. The summed E-state index contributed by atoms with van der Waals surface area (Å²) in [5, 5.41) is 9.00. The summed E-state index contributed by atoms with van der Waals surface area (Å²) in [6.45, 7) is 1.73. The molecule has 0 amide bonds. The van der Waals surface area contributed by atoms with E-state index in [9.17, 15) is 0 Å². The molecule has 0 aliphatic rings. The SMILES string of the molecule is CC(O)c1ccncc1.N. The van der Waals surface area contributed by atoms with E-state index in [1.165, 1.54) is 0 Å². The molecule has 3 heteroatoms. The zero-order valence-corrected chi connectivity index (χ0v) is 5.99. The third-order valence-electron chi connectivity index (χ3n) is 1.19. The Morgan fingerprint density at radius 2 is 1.90 bits per heavy atom. The predicted octanol–water partition coefficient (Wildman–Crippen LogP) is 1.30. The lowest BCUT2D eigenvalue weighted by Gasteiger charge is -2.00. The molecule has 1 heterocycles. The van der Waals surface area contributed by atoms with Crippen molar-refractivity contribution < 1.29 is 5.11 Å². The van der Waals surface area contributed by atoms with Gasteiger partial charge in [0.2, 0.25) is 0 Å². The van der Waals surface area contributed by atoms with Gasteiger partial charge in [0.1, 0.15) is 0 Å². The molecule has 0 saturated carbocycles. The van der Waals surface area contributed by atoms with Gasteiger partial charge < -0.3 is 11.3 Å². The Labute approximate surface area is 60.3 Å². The van der Waals surface area contributed by atoms with E-state index in [1.54, 1.807) is 31.5 Å². The van der Waals surface area contributed by atoms with Gasteiger partial charge in [-0.05, 0) is 24.6 Å². The van der Waals surface area contributed by atoms with Gasteiger partial charge in [-0.3, -0.25) is 4.98 Å². The van der Waals surface area contributed by atoms with E-state index in [1.807, 2.05) is 0 Å². The van der Waals surface area contributed by atoms with Crippen LogP contribution >= 0.6 is 0 Å². The van der Waals surface area contributed by atoms with Crippen molar-refractivity contribution in [3.8, 4) is 0 Å². The molecular formula is C7H12N2O. The van der Waals surface area contributed by atoms with Gasteiger partial charge in [0.25, 0.3) is 0 Å². The number of hydrogen-bond donors (Lipinski definition) is 2. The van der Waals surface area contributed by atoms with Crippen LogP contribution in [0.5, 0.6) is 0 Å². The minimum absolute atomic E-state index is 0. The van der Waals surface area contributed by atoms with Crippen LogP contribution < -0.4 is 6.15 Å². The van der Waals surface area contributed by atoms with Crippen LogP contribution in [0.3, 0.4) is 0 Å². The second kappa shape index (κ2) is 3.98. The first kappa shape index (κ1) is 9.07. The maximum absolute atomic E-state index is 9.00. The fourth-order valence-electron chi connectivity index (χ4n) is 0.642. The molecule has 0 spiro atoms. The van der Waals surface area contributed by atoms with Crippen molar-refractivity contribution in [3.63, 3.8) is 0 Å². The average Bonchev–Trinajstić information content (AvgIpc) is 1.90. The van der Waals surface area contributed by atoms with Gasteiger partial charge >= 0.3 is 0 Å². The maximum atomic E-state index is 9.00. The van der Waals surface area contributed by atoms with E-state index < -0.39 is 0 Å². The second-order valence-corrected chi connectivity index (χ2v) is 1.96. The van der Waals surface area contributed by atoms with E-state index in [0.717, 1.165) is 5.56 Å². The summed E-state index contributed by atoms with van der Waals surface area (Å²) in [5.74, 6) is 0. The highest BCUT2D eigenvalue weighted by Crippen LogP contribution is 2.07. The smallest absolute Gasteiger partial charge is 0.0763 e. The van der Waals surface area contributed by atoms with Crippen LogP contribution in [0.4, 0.5) is 0 Å². The monoisotopic (exact) mass is 140 g/mol. The molecule has 4 N–H and O–H groups in total. The summed E-state index contributed by atoms with van der Waals surface area (Å²) in [4.78, 5) is 3.82. The zero-order chi connectivity index (χ0) is 6.69. The van der Waals surface area contributed by atoms with Crippen LogP contribution in [0.15, 0.2) is 24.5 Å². The third kappa shape index (κ3) is 2.13. The van der Waals surface area contributed by atoms with Crippen molar-refractivity contribution in [2.45, 2.75) is 13.0 Å². The number of pyridine rings is 1. The van der Waals surface area contributed by atoms with Gasteiger partial charge in [-0.2, -0.15) is 0 Å². The van der Waals surface area contributed by atoms with Crippen molar-refractivity contribution in [2.24, 2.45) is 0 Å². The summed E-state index contributed by atoms with van der Waals surface area (Å²) in [6, 6.07) is 3.59. The molecule has 0 bridgehead atoms. The predicted molar refractivity (Wildman–Crippen MR) is 39.9 cm³/mol. The molecule has 0 aromatic carbocycles. The number of aliphatic hydroxyl groups excluding tert-OH is 1. The summed E-state index contributed by atoms with van der Waals surface area (Å²) < 4.78 is 0. The highest BCUT2D eigenvalue weighted by Gasteiger charge is 1.95. The minimum atomic E-state index is -0.381. The van der Waals surface area contributed by atoms with Crippen LogP contribution in [-0.2, 0) is 0 Å². The molecule has 0 fully saturated rings. The van der Waals surface area contributed by atoms with Crippen LogP contribution in [0.1, 0.15) is 18.6 Å². The molecule has 3 nitrogen and oxygen atoms in total. The molecule has 0 radical (unpaired) electrons. The Hall–Kier alpha value is -0.930. The molecule has 1 aromatic heterocycles. The number of aliphatic hydroxyl groups is 1. The van der Waals surface area contributed by atoms with Crippen LogP contribution in [-0.4, -0.2) is 10.1 Å². The van der Waals surface area contributed by atoms with Gasteiger partial charge in [0.15, 0.2) is 0 Å².